The molecule has 3 heteroatoms. The van der Waals surface area contributed by atoms with E-state index in [0.29, 0.717) is 0 Å². The molecule has 0 fully saturated rings. The molecule has 0 aliphatic carbocycles. The second kappa shape index (κ2) is 5.05. The molecular formula is C10H12O2Se. The Kier molecular flexibility index (Phi) is 4.00. The number of rotatable bonds is 3. The third kappa shape index (κ3) is 3.21. The van der Waals surface area contributed by atoms with Gasteiger partial charge < -0.3 is 0 Å². The monoisotopic (exact) mass is 244 g/mol. The second-order valence-electron chi connectivity index (χ2n) is 2.60. The maximum atomic E-state index is 11.1. The van der Waals surface area contributed by atoms with E-state index >= 15 is 0 Å². The average Bonchev–Trinajstić information content (AvgIpc) is 2.18. The molecule has 70 valence electrons. The van der Waals surface area contributed by atoms with Crippen LogP contribution in [0, 0.1) is 0 Å². The fraction of sp³-hybridized carbons (Fsp3) is 0.300. The van der Waals surface area contributed by atoms with Gasteiger partial charge in [0.2, 0.25) is 0 Å². The van der Waals surface area contributed by atoms with Crippen molar-refractivity contribution in [2.24, 2.45) is 0 Å². The van der Waals surface area contributed by atoms with Gasteiger partial charge in [0.25, 0.3) is 0 Å². The third-order valence-corrected chi connectivity index (χ3v) is 3.88. The molecule has 0 N–H and O–H groups in total. The van der Waals surface area contributed by atoms with Crippen LogP contribution in [0.1, 0.15) is 6.92 Å². The van der Waals surface area contributed by atoms with E-state index in [9.17, 15) is 4.79 Å². The molecule has 0 heterocycles. The van der Waals surface area contributed by atoms with Crippen LogP contribution in [0.25, 0.3) is 0 Å². The van der Waals surface area contributed by atoms with Crippen molar-refractivity contribution in [3.63, 3.8) is 0 Å². The first-order chi connectivity index (χ1) is 6.24. The second-order valence-corrected chi connectivity index (χ2v) is 5.56. The summed E-state index contributed by atoms with van der Waals surface area (Å²) in [5, 5.41) is 0. The summed E-state index contributed by atoms with van der Waals surface area (Å²) in [6.45, 7) is 1.90. The van der Waals surface area contributed by atoms with Gasteiger partial charge in [-0.15, -0.1) is 0 Å². The molecule has 0 amide bonds. The van der Waals surface area contributed by atoms with Crippen LogP contribution in [-0.2, 0) is 9.53 Å². The molecule has 0 saturated carbocycles. The summed E-state index contributed by atoms with van der Waals surface area (Å²) in [7, 11) is 1.43. The zero-order valence-electron chi connectivity index (χ0n) is 7.69. The zero-order valence-corrected chi connectivity index (χ0v) is 9.40. The van der Waals surface area contributed by atoms with Crippen molar-refractivity contribution in [2.45, 2.75) is 11.7 Å². The van der Waals surface area contributed by atoms with Gasteiger partial charge in [0, 0.05) is 0 Å². The first kappa shape index (κ1) is 10.3. The number of ether oxygens (including phenoxy) is 1. The quantitative estimate of drug-likeness (QED) is 0.584. The Labute approximate surface area is 84.4 Å². The van der Waals surface area contributed by atoms with E-state index in [0.717, 1.165) is 0 Å². The molecule has 1 aromatic rings. The maximum absolute atomic E-state index is 11.1. The number of hydrogen-bond acceptors (Lipinski definition) is 2. The molecule has 0 aromatic heterocycles. The fourth-order valence-corrected chi connectivity index (χ4v) is 2.84. The molecule has 0 unspecified atom stereocenters. The van der Waals surface area contributed by atoms with Crippen LogP contribution >= 0.6 is 0 Å². The predicted molar refractivity (Wildman–Crippen MR) is 53.3 cm³/mol. The van der Waals surface area contributed by atoms with E-state index in [1.54, 1.807) is 0 Å². The number of benzene rings is 1. The van der Waals surface area contributed by atoms with Crippen molar-refractivity contribution in [2.75, 3.05) is 7.11 Å². The van der Waals surface area contributed by atoms with Crippen molar-refractivity contribution < 1.29 is 9.53 Å². The SMILES string of the molecule is COC(=O)[C@H](C)[Se]c1ccccc1. The number of methoxy groups -OCH3 is 1. The van der Waals surface area contributed by atoms with Crippen LogP contribution < -0.4 is 4.46 Å². The van der Waals surface area contributed by atoms with Crippen LogP contribution in [0.2, 0.25) is 4.82 Å². The van der Waals surface area contributed by atoms with Crippen molar-refractivity contribution in [3.05, 3.63) is 30.3 Å². The minimum absolute atomic E-state index is 0.0000926. The van der Waals surface area contributed by atoms with Crippen LogP contribution in [0.4, 0.5) is 0 Å². The Hall–Kier alpha value is -0.791. The standard InChI is InChI=1S/C10H12O2Se/c1-8(10(11)12-2)13-9-6-4-3-5-7-9/h3-8H,1-2H3/t8-/m0/s1. The molecule has 1 aromatic carbocycles. The van der Waals surface area contributed by atoms with Gasteiger partial charge in [0.1, 0.15) is 0 Å². The van der Waals surface area contributed by atoms with Crippen molar-refractivity contribution in [3.8, 4) is 0 Å². The van der Waals surface area contributed by atoms with E-state index in [-0.39, 0.29) is 25.7 Å². The van der Waals surface area contributed by atoms with Gasteiger partial charge in [-0.1, -0.05) is 0 Å². The molecular weight excluding hydrogens is 231 g/mol. The Morgan fingerprint density at radius 2 is 2.00 bits per heavy atom. The number of carbonyl (C=O) groups excluding carboxylic acids is 1. The molecule has 1 atom stereocenters. The van der Waals surface area contributed by atoms with Crippen LogP contribution in [0.5, 0.6) is 0 Å². The topological polar surface area (TPSA) is 26.3 Å². The van der Waals surface area contributed by atoms with Crippen LogP contribution in [-0.4, -0.2) is 28.0 Å². The summed E-state index contributed by atoms with van der Waals surface area (Å²) in [5.41, 5.74) is 0. The Morgan fingerprint density at radius 3 is 2.54 bits per heavy atom. The van der Waals surface area contributed by atoms with Crippen molar-refractivity contribution in [1.29, 1.82) is 0 Å². The van der Waals surface area contributed by atoms with Gasteiger partial charge in [-0.05, 0) is 0 Å². The molecule has 2 nitrogen and oxygen atoms in total. The minimum atomic E-state index is -0.121. The van der Waals surface area contributed by atoms with E-state index in [1.165, 1.54) is 11.6 Å². The zero-order chi connectivity index (χ0) is 9.68. The Balaban J connectivity index is 2.55. The first-order valence-corrected chi connectivity index (χ1v) is 5.88. The molecule has 0 spiro atoms. The van der Waals surface area contributed by atoms with E-state index in [4.69, 9.17) is 0 Å². The number of carbonyl (C=O) groups is 1. The van der Waals surface area contributed by atoms with E-state index in [1.807, 2.05) is 37.3 Å². The third-order valence-electron chi connectivity index (χ3n) is 1.59. The summed E-state index contributed by atoms with van der Waals surface area (Å²) in [6, 6.07) is 10.0. The molecule has 0 aliphatic rings. The molecule has 0 aliphatic heterocycles. The van der Waals surface area contributed by atoms with Crippen LogP contribution in [0.15, 0.2) is 30.3 Å². The van der Waals surface area contributed by atoms with Gasteiger partial charge in [-0.3, -0.25) is 0 Å². The van der Waals surface area contributed by atoms with Gasteiger partial charge in [-0.2, -0.15) is 0 Å². The van der Waals surface area contributed by atoms with Gasteiger partial charge in [0.05, 0.1) is 0 Å². The summed E-state index contributed by atoms with van der Waals surface area (Å²) >= 11 is 0.175. The molecule has 13 heavy (non-hydrogen) atoms. The number of esters is 1. The van der Waals surface area contributed by atoms with Crippen LogP contribution in [0.3, 0.4) is 0 Å². The normalized spacial score (nSPS) is 12.2. The predicted octanol–water partition coefficient (Wildman–Crippen LogP) is 0.997. The summed E-state index contributed by atoms with van der Waals surface area (Å²) in [6.07, 6.45) is 0. The van der Waals surface area contributed by atoms with Gasteiger partial charge in [-0.25, -0.2) is 0 Å². The fourth-order valence-electron chi connectivity index (χ4n) is 0.917. The Bertz CT molecular complexity index is 272. The van der Waals surface area contributed by atoms with Gasteiger partial charge in [0.15, 0.2) is 0 Å². The summed E-state index contributed by atoms with van der Waals surface area (Å²) in [4.78, 5) is 11.1. The first-order valence-electron chi connectivity index (χ1n) is 4.03. The molecule has 1 rings (SSSR count). The molecule has 0 bridgehead atoms. The average molecular weight is 243 g/mol. The summed E-state index contributed by atoms with van der Waals surface area (Å²) < 4.78 is 5.89. The molecule has 0 radical (unpaired) electrons. The number of hydrogen-bond donors (Lipinski definition) is 0. The van der Waals surface area contributed by atoms with Gasteiger partial charge >= 0.3 is 84.1 Å². The Morgan fingerprint density at radius 1 is 1.38 bits per heavy atom. The van der Waals surface area contributed by atoms with E-state index in [2.05, 4.69) is 4.74 Å². The van der Waals surface area contributed by atoms with E-state index < -0.39 is 0 Å². The van der Waals surface area contributed by atoms with Crippen molar-refractivity contribution in [1.82, 2.24) is 0 Å². The molecule has 0 saturated heterocycles. The van der Waals surface area contributed by atoms with Crippen molar-refractivity contribution >= 4 is 25.4 Å². The summed E-state index contributed by atoms with van der Waals surface area (Å²) in [5.74, 6) is -0.121.